The molecule has 6 nitrogen and oxygen atoms in total. The van der Waals surface area contributed by atoms with Gasteiger partial charge in [-0.1, -0.05) is 23.7 Å². The third kappa shape index (κ3) is 5.92. The van der Waals surface area contributed by atoms with Gasteiger partial charge in [0, 0.05) is 49.7 Å². The van der Waals surface area contributed by atoms with Gasteiger partial charge in [-0.2, -0.15) is 5.26 Å². The lowest BCUT2D eigenvalue weighted by molar-refractivity contribution is 0.191. The summed E-state index contributed by atoms with van der Waals surface area (Å²) in [5, 5.41) is 20.5. The molecule has 1 heterocycles. The molecular formula is C25H32ClN5O. The Bertz CT molecular complexity index is 948. The Balaban J connectivity index is 1.37. The fraction of sp³-hybridized carbons (Fsp3) is 0.520. The normalized spacial score (nSPS) is 21.5. The molecule has 0 atom stereocenters. The summed E-state index contributed by atoms with van der Waals surface area (Å²) < 4.78 is 5.12. The fourth-order valence-electron chi connectivity index (χ4n) is 4.30. The summed E-state index contributed by atoms with van der Waals surface area (Å²) in [4.78, 5) is 4.52. The highest BCUT2D eigenvalue weighted by molar-refractivity contribution is 6.33. The van der Waals surface area contributed by atoms with E-state index in [9.17, 15) is 5.26 Å². The van der Waals surface area contributed by atoms with Gasteiger partial charge >= 0.3 is 0 Å². The van der Waals surface area contributed by atoms with Crippen molar-refractivity contribution in [2.75, 3.05) is 37.4 Å². The number of aromatic nitrogens is 1. The molecule has 7 heteroatoms. The van der Waals surface area contributed by atoms with Gasteiger partial charge in [0.25, 0.3) is 0 Å². The molecule has 0 amide bonds. The van der Waals surface area contributed by atoms with Gasteiger partial charge in [0.05, 0.1) is 23.1 Å². The van der Waals surface area contributed by atoms with Gasteiger partial charge in [-0.3, -0.25) is 0 Å². The van der Waals surface area contributed by atoms with Crippen LogP contribution in [0.2, 0.25) is 5.02 Å². The number of nitrogens with one attached hydrogen (secondary N) is 3. The van der Waals surface area contributed by atoms with Gasteiger partial charge in [-0.05, 0) is 62.3 Å². The van der Waals surface area contributed by atoms with Crippen LogP contribution >= 0.6 is 11.6 Å². The molecule has 2 aliphatic carbocycles. The minimum absolute atomic E-state index is 0.181. The number of rotatable bonds is 10. The van der Waals surface area contributed by atoms with Crippen molar-refractivity contribution in [2.45, 2.75) is 50.6 Å². The first-order valence-electron chi connectivity index (χ1n) is 11.5. The van der Waals surface area contributed by atoms with Crippen LogP contribution in [0.15, 0.2) is 36.5 Å². The quantitative estimate of drug-likeness (QED) is 0.435. The van der Waals surface area contributed by atoms with Gasteiger partial charge in [-0.25, -0.2) is 4.98 Å². The van der Waals surface area contributed by atoms with Crippen molar-refractivity contribution < 1.29 is 4.74 Å². The molecule has 3 N–H and O–H groups in total. The summed E-state index contributed by atoms with van der Waals surface area (Å²) >= 11 is 6.52. The van der Waals surface area contributed by atoms with Crippen molar-refractivity contribution in [1.82, 2.24) is 10.3 Å². The number of nitriles is 1. The van der Waals surface area contributed by atoms with E-state index in [-0.39, 0.29) is 5.41 Å². The molecule has 1 aromatic heterocycles. The summed E-state index contributed by atoms with van der Waals surface area (Å²) in [5.74, 6) is 0.861. The monoisotopic (exact) mass is 453 g/mol. The number of hydrogen-bond donors (Lipinski definition) is 3. The first-order valence-corrected chi connectivity index (χ1v) is 11.9. The molecule has 170 valence electrons. The van der Waals surface area contributed by atoms with Crippen LogP contribution in [0, 0.1) is 16.7 Å². The number of anilines is 2. The standard InChI is InChI=1S/C25H32ClN5O/c1-32-12-11-28-19-5-7-20(8-6-19)31-24-14-22(23(26)15-29-24)18-3-2-4-21(13-18)30-17-25(16-27)9-10-25/h2-4,13-15,19-20,28,30H,5-12,17H2,1H3,(H,29,31)/t19-,20-. The van der Waals surface area contributed by atoms with E-state index in [0.717, 1.165) is 74.3 Å². The molecule has 2 aromatic rings. The van der Waals surface area contributed by atoms with E-state index in [1.165, 1.54) is 0 Å². The van der Waals surface area contributed by atoms with Crippen molar-refractivity contribution in [3.05, 3.63) is 41.6 Å². The molecule has 0 aliphatic heterocycles. The Morgan fingerprint density at radius 1 is 1.19 bits per heavy atom. The molecule has 0 bridgehead atoms. The highest BCUT2D eigenvalue weighted by Crippen LogP contribution is 2.44. The van der Waals surface area contributed by atoms with Gasteiger partial charge in [0.2, 0.25) is 0 Å². The second-order valence-electron chi connectivity index (χ2n) is 9.02. The highest BCUT2D eigenvalue weighted by atomic mass is 35.5. The zero-order chi connectivity index (χ0) is 22.4. The minimum atomic E-state index is -0.181. The summed E-state index contributed by atoms with van der Waals surface area (Å²) in [5.41, 5.74) is 2.83. The lowest BCUT2D eigenvalue weighted by Crippen LogP contribution is -2.38. The maximum Gasteiger partial charge on any atom is 0.126 e. The summed E-state index contributed by atoms with van der Waals surface area (Å²) in [7, 11) is 1.74. The Labute approximate surface area is 195 Å². The van der Waals surface area contributed by atoms with E-state index in [1.807, 2.05) is 18.2 Å². The van der Waals surface area contributed by atoms with Gasteiger partial charge in [0.1, 0.15) is 5.82 Å². The van der Waals surface area contributed by atoms with Gasteiger partial charge in [0.15, 0.2) is 0 Å². The van der Waals surface area contributed by atoms with E-state index in [1.54, 1.807) is 13.3 Å². The Morgan fingerprint density at radius 3 is 2.69 bits per heavy atom. The predicted molar refractivity (Wildman–Crippen MR) is 130 cm³/mol. The van der Waals surface area contributed by atoms with Crippen molar-refractivity contribution >= 4 is 23.1 Å². The van der Waals surface area contributed by atoms with Crippen LogP contribution in [-0.2, 0) is 4.74 Å². The van der Waals surface area contributed by atoms with Gasteiger partial charge < -0.3 is 20.7 Å². The molecule has 2 saturated carbocycles. The van der Waals surface area contributed by atoms with E-state index >= 15 is 0 Å². The van der Waals surface area contributed by atoms with E-state index in [4.69, 9.17) is 16.3 Å². The van der Waals surface area contributed by atoms with Crippen molar-refractivity contribution in [3.8, 4) is 17.2 Å². The zero-order valence-corrected chi connectivity index (χ0v) is 19.4. The third-order valence-corrected chi connectivity index (χ3v) is 6.87. The van der Waals surface area contributed by atoms with Crippen LogP contribution in [-0.4, -0.2) is 43.9 Å². The Hall–Kier alpha value is -2.33. The number of hydrogen-bond acceptors (Lipinski definition) is 6. The van der Waals surface area contributed by atoms with E-state index in [0.29, 0.717) is 23.7 Å². The van der Waals surface area contributed by atoms with E-state index in [2.05, 4.69) is 39.1 Å². The molecule has 4 rings (SSSR count). The largest absolute Gasteiger partial charge is 0.383 e. The highest BCUT2D eigenvalue weighted by Gasteiger charge is 2.42. The molecule has 2 aliphatic rings. The number of ether oxygens (including phenoxy) is 1. The maximum atomic E-state index is 9.30. The molecule has 0 saturated heterocycles. The van der Waals surface area contributed by atoms with Crippen LogP contribution in [0.25, 0.3) is 11.1 Å². The number of methoxy groups -OCH3 is 1. The minimum Gasteiger partial charge on any atom is -0.383 e. The van der Waals surface area contributed by atoms with Crippen LogP contribution in [0.3, 0.4) is 0 Å². The summed E-state index contributed by atoms with van der Waals surface area (Å²) in [6, 6.07) is 13.7. The molecular weight excluding hydrogens is 422 g/mol. The molecule has 32 heavy (non-hydrogen) atoms. The number of benzene rings is 1. The predicted octanol–water partition coefficient (Wildman–Crippen LogP) is 5.08. The maximum absolute atomic E-state index is 9.30. The van der Waals surface area contributed by atoms with E-state index < -0.39 is 0 Å². The Morgan fingerprint density at radius 2 is 1.97 bits per heavy atom. The van der Waals surface area contributed by atoms with Crippen LogP contribution in [0.4, 0.5) is 11.5 Å². The van der Waals surface area contributed by atoms with Gasteiger partial charge in [-0.15, -0.1) is 0 Å². The van der Waals surface area contributed by atoms with Crippen LogP contribution in [0.5, 0.6) is 0 Å². The Kier molecular flexibility index (Phi) is 7.51. The number of halogens is 1. The zero-order valence-electron chi connectivity index (χ0n) is 18.7. The van der Waals surface area contributed by atoms with Crippen molar-refractivity contribution in [1.29, 1.82) is 5.26 Å². The molecule has 0 unspecified atom stereocenters. The SMILES string of the molecule is COCCN[C@H]1CC[C@H](Nc2cc(-c3cccc(NCC4(C#N)CC4)c3)c(Cl)cn2)CC1. The van der Waals surface area contributed by atoms with Crippen molar-refractivity contribution in [2.24, 2.45) is 5.41 Å². The first kappa shape index (κ1) is 22.8. The molecule has 2 fully saturated rings. The van der Waals surface area contributed by atoms with Crippen LogP contribution < -0.4 is 16.0 Å². The second-order valence-corrected chi connectivity index (χ2v) is 9.42. The fourth-order valence-corrected chi connectivity index (χ4v) is 4.51. The topological polar surface area (TPSA) is 82.0 Å². The lowest BCUT2D eigenvalue weighted by atomic mass is 9.91. The lowest BCUT2D eigenvalue weighted by Gasteiger charge is -2.30. The number of nitrogens with zero attached hydrogens (tertiary/aromatic N) is 2. The first-order chi connectivity index (χ1) is 15.6. The summed E-state index contributed by atoms with van der Waals surface area (Å²) in [6.07, 6.45) is 8.22. The van der Waals surface area contributed by atoms with Crippen molar-refractivity contribution in [3.63, 3.8) is 0 Å². The molecule has 0 radical (unpaired) electrons. The molecule has 0 spiro atoms. The summed E-state index contributed by atoms with van der Waals surface area (Å²) in [6.45, 7) is 2.35. The smallest absolute Gasteiger partial charge is 0.126 e. The third-order valence-electron chi connectivity index (χ3n) is 6.57. The number of pyridine rings is 1. The average molecular weight is 454 g/mol. The second kappa shape index (κ2) is 10.5. The van der Waals surface area contributed by atoms with Crippen LogP contribution in [0.1, 0.15) is 38.5 Å². The average Bonchev–Trinajstić information content (AvgIpc) is 3.61. The molecule has 1 aromatic carbocycles.